The highest BCUT2D eigenvalue weighted by molar-refractivity contribution is 5.84. The van der Waals surface area contributed by atoms with E-state index in [2.05, 4.69) is 22.8 Å². The van der Waals surface area contributed by atoms with Gasteiger partial charge in [0.25, 0.3) is 5.91 Å². The summed E-state index contributed by atoms with van der Waals surface area (Å²) in [4.78, 5) is 36.6. The van der Waals surface area contributed by atoms with Gasteiger partial charge in [-0.25, -0.2) is 9.59 Å². The number of fused-ring (bicyclic) bond motifs is 3. The molecular formula is C25H26N2O7. The second-order valence-corrected chi connectivity index (χ2v) is 8.69. The molecule has 9 nitrogen and oxygen atoms in total. The minimum atomic E-state index is -1.12. The fraction of sp³-hybridized carbons (Fsp3) is 0.400. The van der Waals surface area contributed by atoms with E-state index < -0.39 is 42.3 Å². The van der Waals surface area contributed by atoms with Crippen molar-refractivity contribution in [2.75, 3.05) is 19.8 Å². The van der Waals surface area contributed by atoms with Gasteiger partial charge in [-0.2, -0.15) is 0 Å². The van der Waals surface area contributed by atoms with Crippen LogP contribution in [0.15, 0.2) is 48.5 Å². The van der Waals surface area contributed by atoms with Crippen molar-refractivity contribution in [2.24, 2.45) is 0 Å². The number of amides is 2. The number of carboxylic acids is 1. The van der Waals surface area contributed by atoms with Crippen LogP contribution in [0, 0.1) is 0 Å². The number of ether oxygens (including phenoxy) is 3. The third kappa shape index (κ3) is 4.24. The monoisotopic (exact) mass is 466 g/mol. The fourth-order valence-electron chi connectivity index (χ4n) is 5.03. The maximum absolute atomic E-state index is 12.7. The number of alkyl carbamates (subject to hydrolysis) is 1. The van der Waals surface area contributed by atoms with E-state index in [0.717, 1.165) is 22.3 Å². The van der Waals surface area contributed by atoms with Gasteiger partial charge in [0, 0.05) is 19.1 Å². The summed E-state index contributed by atoms with van der Waals surface area (Å²) < 4.78 is 16.3. The van der Waals surface area contributed by atoms with Crippen LogP contribution in [0.25, 0.3) is 11.1 Å². The summed E-state index contributed by atoms with van der Waals surface area (Å²) in [5.41, 5.74) is 4.52. The van der Waals surface area contributed by atoms with E-state index in [9.17, 15) is 19.5 Å². The van der Waals surface area contributed by atoms with Crippen LogP contribution in [0.4, 0.5) is 4.79 Å². The molecule has 2 aliphatic heterocycles. The van der Waals surface area contributed by atoms with E-state index in [1.807, 2.05) is 36.4 Å². The predicted octanol–water partition coefficient (Wildman–Crippen LogP) is 2.04. The van der Waals surface area contributed by atoms with Crippen molar-refractivity contribution in [3.05, 3.63) is 59.7 Å². The zero-order valence-corrected chi connectivity index (χ0v) is 18.4. The smallest absolute Gasteiger partial charge is 0.407 e. The topological polar surface area (TPSA) is 123 Å². The van der Waals surface area contributed by atoms with Crippen molar-refractivity contribution in [3.63, 3.8) is 0 Å². The Labute approximate surface area is 196 Å². The Morgan fingerprint density at radius 1 is 0.853 bits per heavy atom. The predicted molar refractivity (Wildman–Crippen MR) is 120 cm³/mol. The summed E-state index contributed by atoms with van der Waals surface area (Å²) in [5.74, 6) is -1.65. The van der Waals surface area contributed by atoms with Gasteiger partial charge < -0.3 is 30.0 Å². The number of carboxylic acid groups (broad SMARTS) is 1. The minimum Gasteiger partial charge on any atom is -0.479 e. The quantitative estimate of drug-likeness (QED) is 0.595. The van der Waals surface area contributed by atoms with Crippen LogP contribution in [0.1, 0.15) is 29.9 Å². The highest BCUT2D eigenvalue weighted by Crippen LogP contribution is 2.44. The molecule has 0 aromatic heterocycles. The Hall–Kier alpha value is -3.43. The molecule has 2 saturated heterocycles. The molecule has 2 aromatic rings. The minimum absolute atomic E-state index is 0.0626. The zero-order valence-electron chi connectivity index (χ0n) is 18.4. The normalized spacial score (nSPS) is 25.4. The molecule has 4 atom stereocenters. The van der Waals surface area contributed by atoms with E-state index in [1.54, 1.807) is 0 Å². The van der Waals surface area contributed by atoms with Gasteiger partial charge in [0.05, 0.1) is 12.1 Å². The van der Waals surface area contributed by atoms with Crippen LogP contribution in [-0.4, -0.2) is 67.2 Å². The number of aliphatic carboxylic acids is 1. The number of carbonyl (C=O) groups excluding carboxylic acids is 2. The number of hydrogen-bond donors (Lipinski definition) is 3. The number of hydrogen-bond acceptors (Lipinski definition) is 6. The Balaban J connectivity index is 1.19. The Morgan fingerprint density at radius 2 is 1.41 bits per heavy atom. The van der Waals surface area contributed by atoms with Crippen LogP contribution < -0.4 is 10.6 Å². The molecule has 0 spiro atoms. The molecular weight excluding hydrogens is 440 g/mol. The van der Waals surface area contributed by atoms with Gasteiger partial charge in [-0.05, 0) is 35.1 Å². The molecule has 3 N–H and O–H groups in total. The van der Waals surface area contributed by atoms with Crippen molar-refractivity contribution in [1.82, 2.24) is 10.6 Å². The van der Waals surface area contributed by atoms with Crippen LogP contribution in [0.2, 0.25) is 0 Å². The molecule has 9 heteroatoms. The molecule has 4 unspecified atom stereocenters. The molecule has 1 aliphatic carbocycles. The lowest BCUT2D eigenvalue weighted by atomic mass is 9.98. The first kappa shape index (κ1) is 22.4. The van der Waals surface area contributed by atoms with Gasteiger partial charge in [0.1, 0.15) is 6.61 Å². The molecule has 5 rings (SSSR count). The zero-order chi connectivity index (χ0) is 23.7. The third-order valence-electron chi connectivity index (χ3n) is 6.66. The standard InChI is InChI=1S/C25H26N2O7/c28-23(26-20-10-12-33-22(20)24(29)30)21-19(9-11-32-21)27-25(31)34-13-18-16-7-3-1-5-14(16)15-6-2-4-8-17(15)18/h1-8,18-22H,9-13H2,(H,26,28)(H,27,31)(H,29,30). The first-order chi connectivity index (χ1) is 16.5. The SMILES string of the molecule is O=C(NC1CCOC1C(=O)NC1CCOC1C(=O)O)OCC1c2ccccc2-c2ccccc21. The summed E-state index contributed by atoms with van der Waals surface area (Å²) in [6.07, 6.45) is -1.77. The van der Waals surface area contributed by atoms with E-state index >= 15 is 0 Å². The fourth-order valence-corrected chi connectivity index (χ4v) is 5.03. The van der Waals surface area contributed by atoms with E-state index in [1.165, 1.54) is 0 Å². The van der Waals surface area contributed by atoms with Crippen LogP contribution in [0.5, 0.6) is 0 Å². The maximum Gasteiger partial charge on any atom is 0.407 e. The second-order valence-electron chi connectivity index (χ2n) is 8.69. The van der Waals surface area contributed by atoms with Crippen LogP contribution >= 0.6 is 0 Å². The van der Waals surface area contributed by atoms with Crippen molar-refractivity contribution in [1.29, 1.82) is 0 Å². The summed E-state index contributed by atoms with van der Waals surface area (Å²) in [6, 6.07) is 15.0. The van der Waals surface area contributed by atoms with Crippen molar-refractivity contribution in [3.8, 4) is 11.1 Å². The molecule has 2 amide bonds. The maximum atomic E-state index is 12.7. The lowest BCUT2D eigenvalue weighted by Gasteiger charge is -2.23. The molecule has 0 bridgehead atoms. The first-order valence-electron chi connectivity index (χ1n) is 11.4. The Morgan fingerprint density at radius 3 is 2.03 bits per heavy atom. The molecule has 34 heavy (non-hydrogen) atoms. The molecule has 2 aromatic carbocycles. The number of nitrogens with one attached hydrogen (secondary N) is 2. The lowest BCUT2D eigenvalue weighted by molar-refractivity contribution is -0.148. The first-order valence-corrected chi connectivity index (χ1v) is 11.4. The summed E-state index contributed by atoms with van der Waals surface area (Å²) in [7, 11) is 0. The Kier molecular flexibility index (Phi) is 6.21. The van der Waals surface area contributed by atoms with Gasteiger partial charge in [0.15, 0.2) is 12.2 Å². The molecule has 3 aliphatic rings. The van der Waals surface area contributed by atoms with Crippen LogP contribution in [-0.2, 0) is 23.8 Å². The van der Waals surface area contributed by atoms with Crippen molar-refractivity contribution >= 4 is 18.0 Å². The molecule has 0 radical (unpaired) electrons. The number of carbonyl (C=O) groups is 3. The number of rotatable bonds is 6. The lowest BCUT2D eigenvalue weighted by Crippen LogP contribution is -2.53. The highest BCUT2D eigenvalue weighted by Gasteiger charge is 2.41. The average molecular weight is 466 g/mol. The van der Waals surface area contributed by atoms with Gasteiger partial charge in [-0.15, -0.1) is 0 Å². The second kappa shape index (κ2) is 9.44. The molecule has 0 saturated carbocycles. The van der Waals surface area contributed by atoms with Crippen molar-refractivity contribution < 1.29 is 33.7 Å². The molecule has 2 heterocycles. The van der Waals surface area contributed by atoms with E-state index in [0.29, 0.717) is 19.4 Å². The van der Waals surface area contributed by atoms with Crippen molar-refractivity contribution in [2.45, 2.75) is 43.1 Å². The summed E-state index contributed by atoms with van der Waals surface area (Å²) in [6.45, 7) is 0.731. The van der Waals surface area contributed by atoms with Crippen LogP contribution in [0.3, 0.4) is 0 Å². The van der Waals surface area contributed by atoms with Gasteiger partial charge in [0.2, 0.25) is 0 Å². The third-order valence-corrected chi connectivity index (χ3v) is 6.66. The van der Waals surface area contributed by atoms with Gasteiger partial charge >= 0.3 is 12.1 Å². The number of benzene rings is 2. The highest BCUT2D eigenvalue weighted by atomic mass is 16.6. The largest absolute Gasteiger partial charge is 0.479 e. The summed E-state index contributed by atoms with van der Waals surface area (Å²) in [5, 5.41) is 14.7. The summed E-state index contributed by atoms with van der Waals surface area (Å²) >= 11 is 0. The van der Waals surface area contributed by atoms with Gasteiger partial charge in [-0.3, -0.25) is 4.79 Å². The molecule has 178 valence electrons. The van der Waals surface area contributed by atoms with E-state index in [4.69, 9.17) is 14.2 Å². The average Bonchev–Trinajstić information content (AvgIpc) is 3.55. The van der Waals surface area contributed by atoms with Gasteiger partial charge in [-0.1, -0.05) is 48.5 Å². The van der Waals surface area contributed by atoms with E-state index in [-0.39, 0.29) is 19.1 Å². The molecule has 2 fully saturated rings. The Bertz CT molecular complexity index is 1060.